The Hall–Kier alpha value is -1.04. The molecule has 5 heteroatoms. The number of amides is 1. The lowest BCUT2D eigenvalue weighted by molar-refractivity contribution is -0.133. The monoisotopic (exact) mass is 336 g/mol. The minimum Gasteiger partial charge on any atom is -0.383 e. The molecule has 1 aromatic rings. The predicted molar refractivity (Wildman–Crippen MR) is 95.8 cm³/mol. The number of carbonyl (C=O) groups excluding carboxylic acids is 1. The van der Waals surface area contributed by atoms with Gasteiger partial charge in [-0.05, 0) is 37.3 Å². The number of thioether (sulfide) groups is 1. The summed E-state index contributed by atoms with van der Waals surface area (Å²) in [6.45, 7) is 4.40. The number of hydrogen-bond donors (Lipinski definition) is 0. The molecule has 0 aromatic heterocycles. The molecule has 4 nitrogen and oxygen atoms in total. The number of ether oxygens (including phenoxy) is 1. The Morgan fingerprint density at radius 1 is 1.39 bits per heavy atom. The minimum atomic E-state index is 0.165. The normalized spacial score (nSPS) is 18.3. The van der Waals surface area contributed by atoms with Crippen molar-refractivity contribution in [3.8, 4) is 0 Å². The van der Waals surface area contributed by atoms with Gasteiger partial charge in [-0.3, -0.25) is 4.79 Å². The van der Waals surface area contributed by atoms with Crippen molar-refractivity contribution in [3.63, 3.8) is 0 Å². The highest BCUT2D eigenvalue weighted by Crippen LogP contribution is 2.20. The predicted octanol–water partition coefficient (Wildman–Crippen LogP) is 2.60. The summed E-state index contributed by atoms with van der Waals surface area (Å²) >= 11 is 1.86. The summed E-state index contributed by atoms with van der Waals surface area (Å²) in [4.78, 5) is 18.0. The maximum absolute atomic E-state index is 12.5. The fraction of sp³-hybridized carbons (Fsp3) is 0.611. The fourth-order valence-corrected chi connectivity index (χ4v) is 3.75. The lowest BCUT2D eigenvalue weighted by atomic mass is 10.1. The molecule has 0 aliphatic carbocycles. The second kappa shape index (κ2) is 9.96. The molecule has 1 fully saturated rings. The molecule has 0 unspecified atom stereocenters. The van der Waals surface area contributed by atoms with Crippen LogP contribution in [0.1, 0.15) is 12.8 Å². The van der Waals surface area contributed by atoms with E-state index in [0.717, 1.165) is 51.4 Å². The van der Waals surface area contributed by atoms with Crippen LogP contribution in [-0.2, 0) is 9.53 Å². The van der Waals surface area contributed by atoms with Crippen molar-refractivity contribution >= 4 is 17.7 Å². The molecule has 23 heavy (non-hydrogen) atoms. The first-order valence-corrected chi connectivity index (χ1v) is 9.33. The maximum atomic E-state index is 12.5. The van der Waals surface area contributed by atoms with Gasteiger partial charge in [-0.15, -0.1) is 11.8 Å². The average molecular weight is 337 g/mol. The average Bonchev–Trinajstić information content (AvgIpc) is 3.05. The Balaban J connectivity index is 1.63. The summed E-state index contributed by atoms with van der Waals surface area (Å²) in [5.41, 5.74) is 0. The first-order valence-electron chi connectivity index (χ1n) is 8.35. The van der Waals surface area contributed by atoms with E-state index in [9.17, 15) is 4.79 Å². The van der Waals surface area contributed by atoms with Crippen molar-refractivity contribution in [2.75, 3.05) is 52.7 Å². The minimum absolute atomic E-state index is 0.165. The van der Waals surface area contributed by atoms with E-state index < -0.39 is 0 Å². The van der Waals surface area contributed by atoms with Crippen molar-refractivity contribution in [1.29, 1.82) is 0 Å². The Bertz CT molecular complexity index is 469. The third-order valence-corrected chi connectivity index (χ3v) is 5.36. The van der Waals surface area contributed by atoms with Gasteiger partial charge in [-0.1, -0.05) is 18.2 Å². The van der Waals surface area contributed by atoms with Gasteiger partial charge in [-0.25, -0.2) is 0 Å². The van der Waals surface area contributed by atoms with Gasteiger partial charge in [0.25, 0.3) is 0 Å². The highest BCUT2D eigenvalue weighted by atomic mass is 32.2. The standard InChI is InChI=1S/C18H28N2O2S/c1-19(10-6-14-23-17-7-4-3-5-8-17)18(21)16-9-11-20(15-16)12-13-22-2/h3-5,7-8,16H,6,9-15H2,1-2H3/t16-/m1/s1. The van der Waals surface area contributed by atoms with Gasteiger partial charge in [0.05, 0.1) is 12.5 Å². The van der Waals surface area contributed by atoms with Crippen LogP contribution in [0, 0.1) is 5.92 Å². The van der Waals surface area contributed by atoms with Crippen LogP contribution in [0.5, 0.6) is 0 Å². The van der Waals surface area contributed by atoms with E-state index >= 15 is 0 Å². The number of hydrogen-bond acceptors (Lipinski definition) is 4. The lowest BCUT2D eigenvalue weighted by Gasteiger charge is -2.21. The van der Waals surface area contributed by atoms with Crippen LogP contribution in [0.3, 0.4) is 0 Å². The van der Waals surface area contributed by atoms with E-state index in [1.165, 1.54) is 4.90 Å². The third-order valence-electron chi connectivity index (χ3n) is 4.26. The van der Waals surface area contributed by atoms with Gasteiger partial charge in [0.2, 0.25) is 5.91 Å². The Kier molecular flexibility index (Phi) is 7.92. The number of nitrogens with zero attached hydrogens (tertiary/aromatic N) is 2. The second-order valence-corrected chi connectivity index (χ2v) is 7.22. The second-order valence-electron chi connectivity index (χ2n) is 6.05. The quantitative estimate of drug-likeness (QED) is 0.513. The summed E-state index contributed by atoms with van der Waals surface area (Å²) in [6.07, 6.45) is 2.01. The molecule has 1 aliphatic heterocycles. The molecule has 1 heterocycles. The smallest absolute Gasteiger partial charge is 0.226 e. The SMILES string of the molecule is COCCN1CC[C@@H](C(=O)N(C)CCCSc2ccccc2)C1. The highest BCUT2D eigenvalue weighted by molar-refractivity contribution is 7.99. The molecule has 1 atom stereocenters. The molecule has 0 spiro atoms. The molecule has 1 aromatic carbocycles. The van der Waals surface area contributed by atoms with Crippen LogP contribution in [0.15, 0.2) is 35.2 Å². The zero-order valence-electron chi connectivity index (χ0n) is 14.2. The van der Waals surface area contributed by atoms with Crippen LogP contribution in [0.4, 0.5) is 0 Å². The van der Waals surface area contributed by atoms with Crippen molar-refractivity contribution in [3.05, 3.63) is 30.3 Å². The first kappa shape index (κ1) is 18.3. The summed E-state index contributed by atoms with van der Waals surface area (Å²) in [5, 5.41) is 0. The van der Waals surface area contributed by atoms with Crippen LogP contribution >= 0.6 is 11.8 Å². The summed E-state index contributed by atoms with van der Waals surface area (Å²) < 4.78 is 5.11. The fourth-order valence-electron chi connectivity index (χ4n) is 2.89. The van der Waals surface area contributed by atoms with E-state index in [1.807, 2.05) is 29.8 Å². The Labute approximate surface area is 144 Å². The number of carbonyl (C=O) groups is 1. The molecule has 2 rings (SSSR count). The molecule has 1 amide bonds. The molecule has 0 bridgehead atoms. The van der Waals surface area contributed by atoms with E-state index in [-0.39, 0.29) is 5.92 Å². The summed E-state index contributed by atoms with van der Waals surface area (Å²) in [6, 6.07) is 10.4. The van der Waals surface area contributed by atoms with E-state index in [2.05, 4.69) is 29.2 Å². The van der Waals surface area contributed by atoms with Crippen LogP contribution in [0.2, 0.25) is 0 Å². The number of methoxy groups -OCH3 is 1. The topological polar surface area (TPSA) is 32.8 Å². The molecule has 1 aliphatic rings. The van der Waals surface area contributed by atoms with Gasteiger partial charge < -0.3 is 14.5 Å². The van der Waals surface area contributed by atoms with Crippen molar-refractivity contribution in [2.24, 2.45) is 5.92 Å². The van der Waals surface area contributed by atoms with Gasteiger partial charge in [0.1, 0.15) is 0 Å². The van der Waals surface area contributed by atoms with E-state index in [4.69, 9.17) is 4.74 Å². The number of benzene rings is 1. The molecular formula is C18H28N2O2S. The Morgan fingerprint density at radius 3 is 2.91 bits per heavy atom. The molecule has 0 radical (unpaired) electrons. The Morgan fingerprint density at radius 2 is 2.17 bits per heavy atom. The van der Waals surface area contributed by atoms with Crippen LogP contribution in [0.25, 0.3) is 0 Å². The lowest BCUT2D eigenvalue weighted by Crippen LogP contribution is -2.35. The van der Waals surface area contributed by atoms with Gasteiger partial charge >= 0.3 is 0 Å². The molecule has 128 valence electrons. The van der Waals surface area contributed by atoms with Crippen molar-refractivity contribution < 1.29 is 9.53 Å². The first-order chi connectivity index (χ1) is 11.2. The summed E-state index contributed by atoms with van der Waals surface area (Å²) in [7, 11) is 3.66. The van der Waals surface area contributed by atoms with Crippen LogP contribution in [-0.4, -0.2) is 68.4 Å². The highest BCUT2D eigenvalue weighted by Gasteiger charge is 2.29. The molecule has 1 saturated heterocycles. The van der Waals surface area contributed by atoms with Gasteiger partial charge in [-0.2, -0.15) is 0 Å². The molecule has 0 N–H and O–H groups in total. The largest absolute Gasteiger partial charge is 0.383 e. The van der Waals surface area contributed by atoms with E-state index in [1.54, 1.807) is 7.11 Å². The third kappa shape index (κ3) is 6.16. The van der Waals surface area contributed by atoms with E-state index in [0.29, 0.717) is 5.91 Å². The summed E-state index contributed by atoms with van der Waals surface area (Å²) in [5.74, 6) is 1.51. The van der Waals surface area contributed by atoms with Crippen molar-refractivity contribution in [1.82, 2.24) is 9.80 Å². The molecule has 0 saturated carbocycles. The zero-order valence-corrected chi connectivity index (χ0v) is 15.1. The van der Waals surface area contributed by atoms with Crippen molar-refractivity contribution in [2.45, 2.75) is 17.7 Å². The number of likely N-dealkylation sites (tertiary alicyclic amines) is 1. The maximum Gasteiger partial charge on any atom is 0.226 e. The number of rotatable bonds is 9. The van der Waals surface area contributed by atoms with Gasteiger partial charge in [0, 0.05) is 38.7 Å². The van der Waals surface area contributed by atoms with Gasteiger partial charge in [0.15, 0.2) is 0 Å². The van der Waals surface area contributed by atoms with Crippen LogP contribution < -0.4 is 0 Å². The molecular weight excluding hydrogens is 308 g/mol. The zero-order chi connectivity index (χ0) is 16.5.